The summed E-state index contributed by atoms with van der Waals surface area (Å²) in [5.74, 6) is 0. The quantitative estimate of drug-likeness (QED) is 0.918. The second-order valence-corrected chi connectivity index (χ2v) is 5.52. The molecule has 0 aliphatic heterocycles. The van der Waals surface area contributed by atoms with Crippen LogP contribution in [0.2, 0.25) is 0 Å². The van der Waals surface area contributed by atoms with E-state index in [1.807, 2.05) is 13.1 Å². The van der Waals surface area contributed by atoms with Crippen LogP contribution in [0.25, 0.3) is 0 Å². The van der Waals surface area contributed by atoms with Gasteiger partial charge >= 0.3 is 5.69 Å². The Morgan fingerprint density at radius 2 is 2.00 bits per heavy atom. The van der Waals surface area contributed by atoms with Crippen LogP contribution >= 0.6 is 0 Å². The minimum atomic E-state index is -0.202. The van der Waals surface area contributed by atoms with Crippen molar-refractivity contribution in [3.8, 4) is 0 Å². The number of benzene rings is 1. The molecule has 1 heterocycles. The molecule has 0 saturated heterocycles. The summed E-state index contributed by atoms with van der Waals surface area (Å²) in [4.78, 5) is 15.8. The third-order valence-corrected chi connectivity index (χ3v) is 3.75. The molecule has 4 heteroatoms. The molecule has 0 aliphatic rings. The molecule has 2 rings (SSSR count). The first-order chi connectivity index (χ1) is 10.0. The standard InChI is InChI=1S/C17H23N3O/c1-5-18-16(15-7-6-13(3)14(4)8-15)11-20-10-12(2)9-19-17(20)21/h6-10,16,18H,5,11H2,1-4H3. The smallest absolute Gasteiger partial charge is 0.309 e. The van der Waals surface area contributed by atoms with Gasteiger partial charge in [0, 0.05) is 18.9 Å². The Kier molecular flexibility index (Phi) is 4.91. The van der Waals surface area contributed by atoms with Crippen molar-refractivity contribution in [2.45, 2.75) is 40.3 Å². The first-order valence-electron chi connectivity index (χ1n) is 7.35. The molecule has 4 nitrogen and oxygen atoms in total. The van der Waals surface area contributed by atoms with Gasteiger partial charge in [0.2, 0.25) is 0 Å². The second-order valence-electron chi connectivity index (χ2n) is 5.52. The van der Waals surface area contributed by atoms with E-state index in [9.17, 15) is 4.79 Å². The highest BCUT2D eigenvalue weighted by atomic mass is 16.1. The Morgan fingerprint density at radius 1 is 1.24 bits per heavy atom. The predicted molar refractivity (Wildman–Crippen MR) is 85.6 cm³/mol. The fourth-order valence-electron chi connectivity index (χ4n) is 2.41. The molecular formula is C17H23N3O. The number of rotatable bonds is 5. The van der Waals surface area contributed by atoms with Gasteiger partial charge < -0.3 is 5.32 Å². The highest BCUT2D eigenvalue weighted by Gasteiger charge is 2.13. The monoisotopic (exact) mass is 285 g/mol. The normalized spacial score (nSPS) is 12.4. The van der Waals surface area contributed by atoms with Crippen molar-refractivity contribution in [3.05, 3.63) is 63.3 Å². The molecule has 1 unspecified atom stereocenters. The fourth-order valence-corrected chi connectivity index (χ4v) is 2.41. The van der Waals surface area contributed by atoms with E-state index in [-0.39, 0.29) is 11.7 Å². The van der Waals surface area contributed by atoms with Crippen LogP contribution in [0.1, 0.15) is 35.2 Å². The van der Waals surface area contributed by atoms with Gasteiger partial charge in [0.1, 0.15) is 0 Å². The molecule has 1 aromatic heterocycles. The van der Waals surface area contributed by atoms with Crippen molar-refractivity contribution in [1.82, 2.24) is 14.9 Å². The van der Waals surface area contributed by atoms with E-state index in [1.54, 1.807) is 10.8 Å². The molecule has 1 N–H and O–H groups in total. The summed E-state index contributed by atoms with van der Waals surface area (Å²) in [5.41, 5.74) is 4.54. The average molecular weight is 285 g/mol. The van der Waals surface area contributed by atoms with E-state index in [0.717, 1.165) is 12.1 Å². The predicted octanol–water partition coefficient (Wildman–Crippen LogP) is 2.52. The van der Waals surface area contributed by atoms with Crippen LogP contribution in [-0.4, -0.2) is 16.1 Å². The van der Waals surface area contributed by atoms with E-state index in [4.69, 9.17) is 0 Å². The summed E-state index contributed by atoms with van der Waals surface area (Å²) < 4.78 is 1.68. The molecule has 1 aromatic carbocycles. The van der Waals surface area contributed by atoms with E-state index < -0.39 is 0 Å². The number of nitrogens with one attached hydrogen (secondary N) is 1. The fraction of sp³-hybridized carbons (Fsp3) is 0.412. The van der Waals surface area contributed by atoms with Crippen LogP contribution in [0.3, 0.4) is 0 Å². The van der Waals surface area contributed by atoms with Gasteiger partial charge in [0.15, 0.2) is 0 Å². The molecular weight excluding hydrogens is 262 g/mol. The Hall–Kier alpha value is -1.94. The van der Waals surface area contributed by atoms with Gasteiger partial charge in [-0.1, -0.05) is 25.1 Å². The van der Waals surface area contributed by atoms with E-state index in [2.05, 4.69) is 49.3 Å². The SMILES string of the molecule is CCNC(Cn1cc(C)cnc1=O)c1ccc(C)c(C)c1. The van der Waals surface area contributed by atoms with Crippen molar-refractivity contribution >= 4 is 0 Å². The third kappa shape index (κ3) is 3.79. The topological polar surface area (TPSA) is 46.9 Å². The summed E-state index contributed by atoms with van der Waals surface area (Å²) in [6.45, 7) is 9.68. The highest BCUT2D eigenvalue weighted by Crippen LogP contribution is 2.18. The molecule has 0 radical (unpaired) electrons. The first-order valence-corrected chi connectivity index (χ1v) is 7.35. The maximum Gasteiger partial charge on any atom is 0.347 e. The lowest BCUT2D eigenvalue weighted by atomic mass is 10.0. The Bertz CT molecular complexity index is 676. The first kappa shape index (κ1) is 15.4. The van der Waals surface area contributed by atoms with Crippen molar-refractivity contribution in [3.63, 3.8) is 0 Å². The average Bonchev–Trinajstić information content (AvgIpc) is 2.45. The molecule has 0 fully saturated rings. The van der Waals surface area contributed by atoms with Gasteiger partial charge in [-0.05, 0) is 49.6 Å². The third-order valence-electron chi connectivity index (χ3n) is 3.75. The maximum atomic E-state index is 11.9. The molecule has 21 heavy (non-hydrogen) atoms. The number of nitrogens with zero attached hydrogens (tertiary/aromatic N) is 2. The van der Waals surface area contributed by atoms with Gasteiger partial charge in [0.05, 0.1) is 6.04 Å². The van der Waals surface area contributed by atoms with Crippen molar-refractivity contribution in [2.75, 3.05) is 6.54 Å². The summed E-state index contributed by atoms with van der Waals surface area (Å²) in [6, 6.07) is 6.56. The van der Waals surface area contributed by atoms with Gasteiger partial charge in [-0.15, -0.1) is 0 Å². The molecule has 0 saturated carbocycles. The largest absolute Gasteiger partial charge is 0.347 e. The number of likely N-dealkylation sites (N-methyl/N-ethyl adjacent to an activating group) is 1. The molecule has 112 valence electrons. The second kappa shape index (κ2) is 6.68. The Balaban J connectivity index is 2.32. The molecule has 0 bridgehead atoms. The van der Waals surface area contributed by atoms with Gasteiger partial charge in [0.25, 0.3) is 0 Å². The van der Waals surface area contributed by atoms with Gasteiger partial charge in [-0.2, -0.15) is 0 Å². The molecule has 1 atom stereocenters. The lowest BCUT2D eigenvalue weighted by Gasteiger charge is -2.20. The zero-order chi connectivity index (χ0) is 15.4. The van der Waals surface area contributed by atoms with Crippen molar-refractivity contribution in [2.24, 2.45) is 0 Å². The maximum absolute atomic E-state index is 11.9. The number of hydrogen-bond acceptors (Lipinski definition) is 3. The van der Waals surface area contributed by atoms with Crippen molar-refractivity contribution in [1.29, 1.82) is 0 Å². The summed E-state index contributed by atoms with van der Waals surface area (Å²) in [6.07, 6.45) is 3.47. The van der Waals surface area contributed by atoms with E-state index in [0.29, 0.717) is 6.54 Å². The van der Waals surface area contributed by atoms with Crippen LogP contribution in [0.15, 0.2) is 35.4 Å². The Labute approximate surface area is 125 Å². The van der Waals surface area contributed by atoms with Crippen LogP contribution in [0.4, 0.5) is 0 Å². The minimum absolute atomic E-state index is 0.107. The van der Waals surface area contributed by atoms with Crippen LogP contribution in [0, 0.1) is 20.8 Å². The summed E-state index contributed by atoms with van der Waals surface area (Å²) in [5, 5.41) is 3.45. The molecule has 0 spiro atoms. The zero-order valence-corrected chi connectivity index (χ0v) is 13.2. The minimum Gasteiger partial charge on any atom is -0.309 e. The summed E-state index contributed by atoms with van der Waals surface area (Å²) in [7, 11) is 0. The number of aromatic nitrogens is 2. The molecule has 2 aromatic rings. The summed E-state index contributed by atoms with van der Waals surface area (Å²) >= 11 is 0. The van der Waals surface area contributed by atoms with Gasteiger partial charge in [-0.25, -0.2) is 9.78 Å². The highest BCUT2D eigenvalue weighted by molar-refractivity contribution is 5.31. The Morgan fingerprint density at radius 3 is 2.67 bits per heavy atom. The van der Waals surface area contributed by atoms with Crippen molar-refractivity contribution < 1.29 is 0 Å². The van der Waals surface area contributed by atoms with E-state index in [1.165, 1.54) is 16.7 Å². The van der Waals surface area contributed by atoms with E-state index >= 15 is 0 Å². The van der Waals surface area contributed by atoms with Crippen LogP contribution < -0.4 is 11.0 Å². The zero-order valence-electron chi connectivity index (χ0n) is 13.2. The van der Waals surface area contributed by atoms with Crippen LogP contribution in [-0.2, 0) is 6.54 Å². The molecule has 0 amide bonds. The number of hydrogen-bond donors (Lipinski definition) is 1. The van der Waals surface area contributed by atoms with Crippen LogP contribution in [0.5, 0.6) is 0 Å². The lowest BCUT2D eigenvalue weighted by molar-refractivity contribution is 0.461. The number of aryl methyl sites for hydroxylation is 3. The van der Waals surface area contributed by atoms with Gasteiger partial charge in [-0.3, -0.25) is 4.57 Å². The lowest BCUT2D eigenvalue weighted by Crippen LogP contribution is -2.31. The molecule has 0 aliphatic carbocycles.